The van der Waals surface area contributed by atoms with Crippen LogP contribution in [-0.4, -0.2) is 23.2 Å². The van der Waals surface area contributed by atoms with Crippen molar-refractivity contribution >= 4 is 6.09 Å². The second kappa shape index (κ2) is 5.87. The van der Waals surface area contributed by atoms with Crippen LogP contribution in [0.4, 0.5) is 4.79 Å². The van der Waals surface area contributed by atoms with Crippen molar-refractivity contribution < 1.29 is 9.53 Å². The number of carbonyl (C=O) groups is 1. The summed E-state index contributed by atoms with van der Waals surface area (Å²) in [6.45, 7) is 2.28. The fourth-order valence-electron chi connectivity index (χ4n) is 1.90. The second-order valence-electron chi connectivity index (χ2n) is 4.65. The number of ether oxygens (including phenoxy) is 1. The van der Waals surface area contributed by atoms with E-state index in [-0.39, 0.29) is 18.3 Å². The number of nitrogens with two attached hydrogens (primary N) is 1. The average Bonchev–Trinajstić information content (AvgIpc) is 3.22. The Morgan fingerprint density at radius 2 is 2.11 bits per heavy atom. The number of hydrogen-bond donors (Lipinski definition) is 1. The third-order valence-electron chi connectivity index (χ3n) is 3.13. The van der Waals surface area contributed by atoms with Crippen LogP contribution >= 0.6 is 0 Å². The molecule has 0 aromatic heterocycles. The number of carbonyl (C=O) groups excluding carboxylic acids is 1. The summed E-state index contributed by atoms with van der Waals surface area (Å²) in [5, 5.41) is 0. The van der Waals surface area contributed by atoms with Crippen LogP contribution in [0.15, 0.2) is 30.3 Å². The van der Waals surface area contributed by atoms with Gasteiger partial charge in [-0.3, -0.25) is 4.90 Å². The van der Waals surface area contributed by atoms with E-state index in [0.29, 0.717) is 6.61 Å². The predicted octanol–water partition coefficient (Wildman–Crippen LogP) is 2.48. The number of hydrogen-bond acceptors (Lipinski definition) is 3. The lowest BCUT2D eigenvalue weighted by atomic mass is 10.2. The van der Waals surface area contributed by atoms with Crippen LogP contribution in [0.25, 0.3) is 0 Å². The Morgan fingerprint density at radius 3 is 2.67 bits per heavy atom. The summed E-state index contributed by atoms with van der Waals surface area (Å²) in [4.78, 5) is 13.7. The Bertz CT molecular complexity index is 390. The van der Waals surface area contributed by atoms with E-state index in [9.17, 15) is 4.79 Å². The van der Waals surface area contributed by atoms with Gasteiger partial charge in [0.05, 0.1) is 6.17 Å². The maximum atomic E-state index is 12.0. The second-order valence-corrected chi connectivity index (χ2v) is 4.65. The number of amides is 1. The first-order chi connectivity index (χ1) is 8.72. The van der Waals surface area contributed by atoms with E-state index in [2.05, 4.69) is 0 Å². The van der Waals surface area contributed by atoms with Crippen molar-refractivity contribution in [1.29, 1.82) is 0 Å². The molecule has 0 saturated heterocycles. The summed E-state index contributed by atoms with van der Waals surface area (Å²) in [6.07, 6.45) is 2.29. The molecule has 2 N–H and O–H groups in total. The molecule has 1 aromatic carbocycles. The molecule has 0 radical (unpaired) electrons. The maximum absolute atomic E-state index is 12.0. The highest BCUT2D eigenvalue weighted by Gasteiger charge is 2.36. The summed E-state index contributed by atoms with van der Waals surface area (Å²) >= 11 is 0. The van der Waals surface area contributed by atoms with Gasteiger partial charge < -0.3 is 10.5 Å². The summed E-state index contributed by atoms with van der Waals surface area (Å²) in [6, 6.07) is 9.96. The Kier molecular flexibility index (Phi) is 4.20. The molecule has 1 aliphatic rings. The molecule has 4 heteroatoms. The Balaban J connectivity index is 1.89. The summed E-state index contributed by atoms with van der Waals surface area (Å²) in [5.41, 5.74) is 6.95. The minimum absolute atomic E-state index is 0.235. The first-order valence-corrected chi connectivity index (χ1v) is 6.47. The molecular formula is C14H20N2O2. The van der Waals surface area contributed by atoms with Gasteiger partial charge in [-0.15, -0.1) is 0 Å². The molecule has 1 saturated carbocycles. The quantitative estimate of drug-likeness (QED) is 0.814. The van der Waals surface area contributed by atoms with Crippen molar-refractivity contribution in [3.63, 3.8) is 0 Å². The van der Waals surface area contributed by atoms with Crippen molar-refractivity contribution in [1.82, 2.24) is 4.90 Å². The molecule has 0 aliphatic heterocycles. The van der Waals surface area contributed by atoms with Crippen molar-refractivity contribution in [2.75, 3.05) is 0 Å². The SMILES string of the molecule is CC[C@@H](N)N(C(=O)OCc1ccccc1)C1CC1. The van der Waals surface area contributed by atoms with E-state index in [1.807, 2.05) is 37.3 Å². The highest BCUT2D eigenvalue weighted by atomic mass is 16.6. The fraction of sp³-hybridized carbons (Fsp3) is 0.500. The van der Waals surface area contributed by atoms with Gasteiger partial charge in [0.25, 0.3) is 0 Å². The van der Waals surface area contributed by atoms with Gasteiger partial charge >= 0.3 is 6.09 Å². The van der Waals surface area contributed by atoms with E-state index in [1.54, 1.807) is 4.90 Å². The van der Waals surface area contributed by atoms with E-state index in [4.69, 9.17) is 10.5 Å². The molecule has 0 bridgehead atoms. The van der Waals surface area contributed by atoms with Crippen LogP contribution in [0.2, 0.25) is 0 Å². The van der Waals surface area contributed by atoms with Gasteiger partial charge in [-0.1, -0.05) is 37.3 Å². The molecule has 0 spiro atoms. The van der Waals surface area contributed by atoms with Gasteiger partial charge in [0.1, 0.15) is 6.61 Å². The van der Waals surface area contributed by atoms with E-state index in [1.165, 1.54) is 0 Å². The van der Waals surface area contributed by atoms with Crippen LogP contribution < -0.4 is 5.73 Å². The van der Waals surface area contributed by atoms with Crippen molar-refractivity contribution in [3.8, 4) is 0 Å². The number of benzene rings is 1. The van der Waals surface area contributed by atoms with Gasteiger partial charge in [0.15, 0.2) is 0 Å². The van der Waals surface area contributed by atoms with Gasteiger partial charge in [-0.25, -0.2) is 4.79 Å². The van der Waals surface area contributed by atoms with Crippen molar-refractivity contribution in [3.05, 3.63) is 35.9 Å². The predicted molar refractivity (Wildman–Crippen MR) is 69.8 cm³/mol. The molecule has 0 unspecified atom stereocenters. The third-order valence-corrected chi connectivity index (χ3v) is 3.13. The van der Waals surface area contributed by atoms with E-state index >= 15 is 0 Å². The van der Waals surface area contributed by atoms with Crippen LogP contribution in [0.3, 0.4) is 0 Å². The highest BCUT2D eigenvalue weighted by Crippen LogP contribution is 2.29. The van der Waals surface area contributed by atoms with Gasteiger partial charge in [0, 0.05) is 6.04 Å². The molecule has 1 fully saturated rings. The monoisotopic (exact) mass is 248 g/mol. The van der Waals surface area contributed by atoms with Crippen LogP contribution in [0.1, 0.15) is 31.7 Å². The maximum Gasteiger partial charge on any atom is 0.411 e. The molecule has 1 aromatic rings. The van der Waals surface area contributed by atoms with Crippen LogP contribution in [0.5, 0.6) is 0 Å². The normalized spacial score (nSPS) is 16.1. The van der Waals surface area contributed by atoms with E-state index in [0.717, 1.165) is 24.8 Å². The highest BCUT2D eigenvalue weighted by molar-refractivity contribution is 5.68. The van der Waals surface area contributed by atoms with E-state index < -0.39 is 0 Å². The molecule has 1 amide bonds. The summed E-state index contributed by atoms with van der Waals surface area (Å²) in [7, 11) is 0. The van der Waals surface area contributed by atoms with Crippen LogP contribution in [-0.2, 0) is 11.3 Å². The molecule has 1 aliphatic carbocycles. The standard InChI is InChI=1S/C14H20N2O2/c1-2-13(15)16(12-8-9-12)14(17)18-10-11-6-4-3-5-7-11/h3-7,12-13H,2,8-10,15H2,1H3/t13-/m0/s1. The van der Waals surface area contributed by atoms with Crippen molar-refractivity contribution in [2.24, 2.45) is 5.73 Å². The smallest absolute Gasteiger partial charge is 0.411 e. The summed E-state index contributed by atoms with van der Waals surface area (Å²) in [5.74, 6) is 0. The Hall–Kier alpha value is -1.55. The van der Waals surface area contributed by atoms with Gasteiger partial charge in [-0.05, 0) is 24.8 Å². The lowest BCUT2D eigenvalue weighted by Gasteiger charge is -2.27. The molecule has 4 nitrogen and oxygen atoms in total. The zero-order chi connectivity index (χ0) is 13.0. The topological polar surface area (TPSA) is 55.6 Å². The zero-order valence-corrected chi connectivity index (χ0v) is 10.7. The molecule has 2 rings (SSSR count). The minimum Gasteiger partial charge on any atom is -0.445 e. The van der Waals surface area contributed by atoms with Crippen LogP contribution in [0, 0.1) is 0 Å². The first kappa shape index (κ1) is 12.9. The molecule has 1 atom stereocenters. The zero-order valence-electron chi connectivity index (χ0n) is 10.7. The summed E-state index contributed by atoms with van der Waals surface area (Å²) < 4.78 is 5.32. The van der Waals surface area contributed by atoms with Gasteiger partial charge in [-0.2, -0.15) is 0 Å². The van der Waals surface area contributed by atoms with Crippen molar-refractivity contribution in [2.45, 2.75) is 45.0 Å². The molecular weight excluding hydrogens is 228 g/mol. The first-order valence-electron chi connectivity index (χ1n) is 6.47. The molecule has 18 heavy (non-hydrogen) atoms. The average molecular weight is 248 g/mol. The number of nitrogens with zero attached hydrogens (tertiary/aromatic N) is 1. The lowest BCUT2D eigenvalue weighted by molar-refractivity contribution is 0.0769. The lowest BCUT2D eigenvalue weighted by Crippen LogP contribution is -2.47. The minimum atomic E-state index is -0.296. The molecule has 98 valence electrons. The third kappa shape index (κ3) is 3.23. The largest absolute Gasteiger partial charge is 0.445 e. The fourth-order valence-corrected chi connectivity index (χ4v) is 1.90. The Labute approximate surface area is 108 Å². The number of rotatable bonds is 5. The van der Waals surface area contributed by atoms with Gasteiger partial charge in [0.2, 0.25) is 0 Å². The molecule has 0 heterocycles. The Morgan fingerprint density at radius 1 is 1.44 bits per heavy atom.